The summed E-state index contributed by atoms with van der Waals surface area (Å²) in [6.45, 7) is 2.03. The van der Waals surface area contributed by atoms with Gasteiger partial charge in [0.1, 0.15) is 17.0 Å². The smallest absolute Gasteiger partial charge is 0.305 e. The van der Waals surface area contributed by atoms with Crippen LogP contribution >= 0.6 is 11.3 Å². The van der Waals surface area contributed by atoms with E-state index in [1.54, 1.807) is 11.3 Å². The van der Waals surface area contributed by atoms with Gasteiger partial charge in [-0.15, -0.1) is 11.3 Å². The molecule has 0 aliphatic heterocycles. The molecule has 100 valence electrons. The van der Waals surface area contributed by atoms with E-state index in [0.717, 1.165) is 35.3 Å². The minimum Gasteiger partial charge on any atom is -0.481 e. The van der Waals surface area contributed by atoms with E-state index >= 15 is 0 Å². The Balaban J connectivity index is 1.94. The molecule has 1 aliphatic rings. The highest BCUT2D eigenvalue weighted by atomic mass is 32.1. The monoisotopic (exact) mass is 277 g/mol. The fraction of sp³-hybridized carbons (Fsp3) is 0.462. The van der Waals surface area contributed by atoms with Crippen molar-refractivity contribution in [3.63, 3.8) is 0 Å². The number of aryl methyl sites for hydroxylation is 1. The van der Waals surface area contributed by atoms with Crippen LogP contribution in [0, 0.1) is 6.92 Å². The molecule has 1 fully saturated rings. The van der Waals surface area contributed by atoms with Crippen molar-refractivity contribution in [2.75, 3.05) is 5.32 Å². The van der Waals surface area contributed by atoms with Gasteiger partial charge in [0.05, 0.1) is 11.8 Å². The number of hydrogen-bond acceptors (Lipinski definition) is 5. The number of rotatable bonds is 4. The topological polar surface area (TPSA) is 75.1 Å². The molecule has 0 spiro atoms. The molecule has 3 rings (SSSR count). The summed E-state index contributed by atoms with van der Waals surface area (Å²) in [6.07, 6.45) is 4.51. The van der Waals surface area contributed by atoms with Crippen molar-refractivity contribution in [2.24, 2.45) is 0 Å². The molecule has 0 amide bonds. The summed E-state index contributed by atoms with van der Waals surface area (Å²) in [7, 11) is 0. The maximum atomic E-state index is 11.0. The van der Waals surface area contributed by atoms with E-state index in [0.29, 0.717) is 0 Å². The van der Waals surface area contributed by atoms with Gasteiger partial charge < -0.3 is 10.4 Å². The van der Waals surface area contributed by atoms with Crippen LogP contribution in [0.1, 0.15) is 30.6 Å². The number of aliphatic carboxylic acids is 1. The van der Waals surface area contributed by atoms with E-state index < -0.39 is 5.97 Å². The number of aromatic nitrogens is 2. The van der Waals surface area contributed by atoms with Gasteiger partial charge in [-0.1, -0.05) is 0 Å². The van der Waals surface area contributed by atoms with Crippen LogP contribution in [-0.2, 0) is 4.79 Å². The number of carbonyl (C=O) groups is 1. The molecule has 0 atom stereocenters. The minimum absolute atomic E-state index is 0.140. The third-order valence-electron chi connectivity index (χ3n) is 3.64. The molecule has 2 N–H and O–H groups in total. The summed E-state index contributed by atoms with van der Waals surface area (Å²) < 4.78 is 0. The highest BCUT2D eigenvalue weighted by Crippen LogP contribution is 2.39. The molecular weight excluding hydrogens is 262 g/mol. The van der Waals surface area contributed by atoms with Gasteiger partial charge in [0.2, 0.25) is 0 Å². The van der Waals surface area contributed by atoms with Crippen molar-refractivity contribution >= 4 is 33.3 Å². The fourth-order valence-corrected chi connectivity index (χ4v) is 3.41. The van der Waals surface area contributed by atoms with E-state index in [2.05, 4.69) is 21.4 Å². The third kappa shape index (κ3) is 2.28. The first-order valence-electron chi connectivity index (χ1n) is 6.29. The standard InChI is InChI=1S/C13H15N3O2S/c1-8-5-9-11(14-7-15-12(9)19-8)16-13(3-2-4-13)6-10(17)18/h5,7H,2-4,6H2,1H3,(H,17,18)(H,14,15,16). The lowest BCUT2D eigenvalue weighted by Gasteiger charge is -2.42. The van der Waals surface area contributed by atoms with Crippen LogP contribution in [-0.4, -0.2) is 26.6 Å². The predicted molar refractivity (Wildman–Crippen MR) is 74.6 cm³/mol. The molecule has 19 heavy (non-hydrogen) atoms. The number of fused-ring (bicyclic) bond motifs is 1. The van der Waals surface area contributed by atoms with Crippen LogP contribution in [0.4, 0.5) is 5.82 Å². The van der Waals surface area contributed by atoms with Gasteiger partial charge >= 0.3 is 5.97 Å². The summed E-state index contributed by atoms with van der Waals surface area (Å²) in [5, 5.41) is 13.4. The van der Waals surface area contributed by atoms with Crippen molar-refractivity contribution in [2.45, 2.75) is 38.1 Å². The lowest BCUT2D eigenvalue weighted by molar-refractivity contribution is -0.138. The van der Waals surface area contributed by atoms with Gasteiger partial charge in [-0.25, -0.2) is 9.97 Å². The average Bonchev–Trinajstić information content (AvgIpc) is 2.67. The van der Waals surface area contributed by atoms with Gasteiger partial charge in [-0.3, -0.25) is 4.79 Å². The summed E-state index contributed by atoms with van der Waals surface area (Å²) >= 11 is 1.62. The van der Waals surface area contributed by atoms with Crippen molar-refractivity contribution < 1.29 is 9.90 Å². The molecule has 1 saturated carbocycles. The maximum absolute atomic E-state index is 11.0. The highest BCUT2D eigenvalue weighted by molar-refractivity contribution is 7.18. The summed E-state index contributed by atoms with van der Waals surface area (Å²) in [5.41, 5.74) is -0.330. The second kappa shape index (κ2) is 4.45. The second-order valence-electron chi connectivity index (χ2n) is 5.13. The SMILES string of the molecule is Cc1cc2c(NC3(CC(=O)O)CCC3)ncnc2s1. The Morgan fingerprint density at radius 3 is 2.95 bits per heavy atom. The number of nitrogens with one attached hydrogen (secondary N) is 1. The molecule has 0 radical (unpaired) electrons. The number of thiophene rings is 1. The van der Waals surface area contributed by atoms with Crippen LogP contribution in [0.25, 0.3) is 10.2 Å². The predicted octanol–water partition coefficient (Wildman–Crippen LogP) is 2.81. The quantitative estimate of drug-likeness (QED) is 0.898. The van der Waals surface area contributed by atoms with Gasteiger partial charge in [0, 0.05) is 10.4 Å². The summed E-state index contributed by atoms with van der Waals surface area (Å²) in [6, 6.07) is 2.05. The van der Waals surface area contributed by atoms with E-state index in [-0.39, 0.29) is 12.0 Å². The summed E-state index contributed by atoms with van der Waals surface area (Å²) in [5.74, 6) is -0.00528. The fourth-order valence-electron chi connectivity index (χ4n) is 2.57. The number of anilines is 1. The first kappa shape index (κ1) is 12.3. The molecule has 2 aromatic rings. The van der Waals surface area contributed by atoms with Crippen LogP contribution in [0.3, 0.4) is 0 Å². The lowest BCUT2D eigenvalue weighted by atomic mass is 9.74. The number of carboxylic acid groups (broad SMARTS) is 1. The molecular formula is C13H15N3O2S. The zero-order valence-electron chi connectivity index (χ0n) is 10.6. The van der Waals surface area contributed by atoms with Crippen molar-refractivity contribution in [1.82, 2.24) is 9.97 Å². The zero-order chi connectivity index (χ0) is 13.5. The number of nitrogens with zero attached hydrogens (tertiary/aromatic N) is 2. The molecule has 2 aromatic heterocycles. The van der Waals surface area contributed by atoms with E-state index in [9.17, 15) is 4.79 Å². The molecule has 0 bridgehead atoms. The molecule has 5 nitrogen and oxygen atoms in total. The normalized spacial score (nSPS) is 17.1. The Labute approximate surface area is 114 Å². The molecule has 0 saturated heterocycles. The Morgan fingerprint density at radius 1 is 1.53 bits per heavy atom. The molecule has 0 unspecified atom stereocenters. The van der Waals surface area contributed by atoms with Crippen molar-refractivity contribution in [3.05, 3.63) is 17.3 Å². The summed E-state index contributed by atoms with van der Waals surface area (Å²) in [4.78, 5) is 21.7. The average molecular weight is 277 g/mol. The van der Waals surface area contributed by atoms with E-state index in [1.807, 2.05) is 6.92 Å². The Kier molecular flexibility index (Phi) is 2.89. The minimum atomic E-state index is -0.765. The largest absolute Gasteiger partial charge is 0.481 e. The second-order valence-corrected chi connectivity index (χ2v) is 6.36. The molecule has 6 heteroatoms. The number of hydrogen-bond donors (Lipinski definition) is 2. The van der Waals surface area contributed by atoms with Crippen LogP contribution < -0.4 is 5.32 Å². The van der Waals surface area contributed by atoms with Gasteiger partial charge in [-0.2, -0.15) is 0 Å². The Bertz CT molecular complexity index is 634. The van der Waals surface area contributed by atoms with E-state index in [4.69, 9.17) is 5.11 Å². The Hall–Kier alpha value is -1.69. The molecule has 0 aromatic carbocycles. The van der Waals surface area contributed by atoms with Crippen LogP contribution in [0.2, 0.25) is 0 Å². The maximum Gasteiger partial charge on any atom is 0.305 e. The van der Waals surface area contributed by atoms with Crippen LogP contribution in [0.5, 0.6) is 0 Å². The van der Waals surface area contributed by atoms with Gasteiger partial charge in [0.25, 0.3) is 0 Å². The lowest BCUT2D eigenvalue weighted by Crippen LogP contribution is -2.47. The van der Waals surface area contributed by atoms with Gasteiger partial charge in [-0.05, 0) is 32.3 Å². The highest BCUT2D eigenvalue weighted by Gasteiger charge is 2.39. The number of carboxylic acids is 1. The Morgan fingerprint density at radius 2 is 2.32 bits per heavy atom. The van der Waals surface area contributed by atoms with Crippen molar-refractivity contribution in [3.8, 4) is 0 Å². The van der Waals surface area contributed by atoms with Gasteiger partial charge in [0.15, 0.2) is 0 Å². The van der Waals surface area contributed by atoms with E-state index in [1.165, 1.54) is 11.2 Å². The van der Waals surface area contributed by atoms with Crippen molar-refractivity contribution in [1.29, 1.82) is 0 Å². The van der Waals surface area contributed by atoms with Crippen LogP contribution in [0.15, 0.2) is 12.4 Å². The molecule has 1 aliphatic carbocycles. The third-order valence-corrected chi connectivity index (χ3v) is 4.59. The zero-order valence-corrected chi connectivity index (χ0v) is 11.5. The first-order valence-corrected chi connectivity index (χ1v) is 7.11. The molecule has 2 heterocycles. The first-order chi connectivity index (χ1) is 9.08.